The molecule has 2 unspecified atom stereocenters. The van der Waals surface area contributed by atoms with Crippen molar-refractivity contribution in [3.8, 4) is 0 Å². The van der Waals surface area contributed by atoms with Crippen LogP contribution >= 0.6 is 0 Å². The van der Waals surface area contributed by atoms with Gasteiger partial charge < -0.3 is 10.0 Å². The second-order valence-corrected chi connectivity index (χ2v) is 4.22. The molecule has 0 fully saturated rings. The average Bonchev–Trinajstić information content (AvgIpc) is 2.35. The lowest BCUT2D eigenvalue weighted by molar-refractivity contribution is 0.224. The van der Waals surface area contributed by atoms with E-state index in [4.69, 9.17) is 10.0 Å². The van der Waals surface area contributed by atoms with Crippen molar-refractivity contribution in [1.29, 1.82) is 0 Å². The van der Waals surface area contributed by atoms with E-state index in [0.717, 1.165) is 6.08 Å². The normalized spacial score (nSPS) is 25.7. The molecule has 100 valence electrons. The zero-order valence-corrected chi connectivity index (χ0v) is 9.53. The van der Waals surface area contributed by atoms with Crippen LogP contribution in [0.3, 0.4) is 0 Å². The van der Waals surface area contributed by atoms with Crippen molar-refractivity contribution < 1.29 is 27.6 Å². The number of benzene rings is 1. The van der Waals surface area contributed by atoms with Gasteiger partial charge in [0.15, 0.2) is 23.0 Å². The van der Waals surface area contributed by atoms with Crippen molar-refractivity contribution in [1.82, 2.24) is 0 Å². The molecule has 0 saturated heterocycles. The number of rotatable bonds is 2. The molecule has 0 spiro atoms. The van der Waals surface area contributed by atoms with Crippen LogP contribution in [0.2, 0.25) is 0 Å². The van der Waals surface area contributed by atoms with Crippen LogP contribution in [0.25, 0.3) is 0 Å². The van der Waals surface area contributed by atoms with Crippen LogP contribution in [0.4, 0.5) is 17.6 Å². The fraction of sp³-hybridized carbons (Fsp3) is 0.167. The van der Waals surface area contributed by atoms with Crippen molar-refractivity contribution in [3.63, 3.8) is 0 Å². The number of alkyl halides is 1. The van der Waals surface area contributed by atoms with Crippen LogP contribution in [0, 0.1) is 17.5 Å². The van der Waals surface area contributed by atoms with E-state index in [1.54, 1.807) is 0 Å². The molecule has 0 aliphatic heterocycles. The van der Waals surface area contributed by atoms with E-state index >= 15 is 0 Å². The molecule has 2 N–H and O–H groups in total. The molecule has 1 aromatic carbocycles. The summed E-state index contributed by atoms with van der Waals surface area (Å²) in [5, 5.41) is 18.2. The van der Waals surface area contributed by atoms with Gasteiger partial charge in [0.05, 0.1) is 0 Å². The first-order chi connectivity index (χ1) is 8.86. The van der Waals surface area contributed by atoms with Gasteiger partial charge in [-0.25, -0.2) is 17.6 Å². The Hall–Kier alpha value is -1.60. The van der Waals surface area contributed by atoms with Crippen LogP contribution in [-0.2, 0) is 0 Å². The van der Waals surface area contributed by atoms with Gasteiger partial charge in [-0.1, -0.05) is 18.2 Å². The van der Waals surface area contributed by atoms with Crippen LogP contribution in [0.5, 0.6) is 0 Å². The Bertz CT molecular complexity index is 536. The topological polar surface area (TPSA) is 40.5 Å². The molecular weight excluding hydrogens is 263 g/mol. The third kappa shape index (κ3) is 2.31. The summed E-state index contributed by atoms with van der Waals surface area (Å²) in [5.41, 5.74) is -2.86. The SMILES string of the molecule is OB(O)C1(F)C=CC=CC1c1cc(F)c(F)c(F)c1. The Kier molecular flexibility index (Phi) is 3.51. The first kappa shape index (κ1) is 13.8. The molecule has 0 amide bonds. The van der Waals surface area contributed by atoms with E-state index in [2.05, 4.69) is 0 Å². The fourth-order valence-electron chi connectivity index (χ4n) is 2.00. The summed E-state index contributed by atoms with van der Waals surface area (Å²) in [6, 6.07) is 1.26. The minimum absolute atomic E-state index is 0.229. The third-order valence-electron chi connectivity index (χ3n) is 3.00. The second-order valence-electron chi connectivity index (χ2n) is 4.22. The molecular formula is C12H9BF4O2. The predicted molar refractivity (Wildman–Crippen MR) is 61.4 cm³/mol. The van der Waals surface area contributed by atoms with E-state index in [0.29, 0.717) is 12.1 Å². The van der Waals surface area contributed by atoms with Gasteiger partial charge in [0.25, 0.3) is 0 Å². The Morgan fingerprint density at radius 3 is 2.16 bits per heavy atom. The Labute approximate surface area is 106 Å². The predicted octanol–water partition coefficient (Wildman–Crippen LogP) is 2.03. The summed E-state index contributed by atoms with van der Waals surface area (Å²) < 4.78 is 53.6. The quantitative estimate of drug-likeness (QED) is 0.491. The van der Waals surface area contributed by atoms with Crippen LogP contribution in [-0.4, -0.2) is 22.7 Å². The van der Waals surface area contributed by atoms with Gasteiger partial charge in [-0.15, -0.1) is 0 Å². The minimum atomic E-state index is -2.63. The molecule has 2 atom stereocenters. The highest BCUT2D eigenvalue weighted by molar-refractivity contribution is 6.46. The summed E-state index contributed by atoms with van der Waals surface area (Å²) in [5.74, 6) is -5.92. The molecule has 19 heavy (non-hydrogen) atoms. The summed E-state index contributed by atoms with van der Waals surface area (Å²) in [6.45, 7) is 0. The van der Waals surface area contributed by atoms with Crippen molar-refractivity contribution in [2.24, 2.45) is 0 Å². The minimum Gasteiger partial charge on any atom is -0.425 e. The average molecular weight is 272 g/mol. The van der Waals surface area contributed by atoms with Gasteiger partial charge >= 0.3 is 7.12 Å². The lowest BCUT2D eigenvalue weighted by atomic mass is 9.59. The van der Waals surface area contributed by atoms with Crippen LogP contribution in [0.1, 0.15) is 11.5 Å². The van der Waals surface area contributed by atoms with Gasteiger partial charge in [-0.3, -0.25) is 0 Å². The smallest absolute Gasteiger partial charge is 0.425 e. The molecule has 1 aliphatic rings. The highest BCUT2D eigenvalue weighted by Crippen LogP contribution is 2.38. The summed E-state index contributed by atoms with van der Waals surface area (Å²) in [7, 11) is -2.38. The number of halogens is 4. The molecule has 1 aliphatic carbocycles. The van der Waals surface area contributed by atoms with Crippen molar-refractivity contribution >= 4 is 7.12 Å². The zero-order valence-electron chi connectivity index (χ0n) is 9.53. The second kappa shape index (κ2) is 4.83. The van der Waals surface area contributed by atoms with Crippen molar-refractivity contribution in [2.75, 3.05) is 0 Å². The molecule has 0 heterocycles. The van der Waals surface area contributed by atoms with Gasteiger partial charge in [0.2, 0.25) is 0 Å². The molecule has 2 nitrogen and oxygen atoms in total. The summed E-state index contributed by atoms with van der Waals surface area (Å²) >= 11 is 0. The molecule has 0 bridgehead atoms. The van der Waals surface area contributed by atoms with Crippen molar-refractivity contribution in [3.05, 3.63) is 59.5 Å². The van der Waals surface area contributed by atoms with Crippen molar-refractivity contribution in [2.45, 2.75) is 11.5 Å². The molecule has 1 aromatic rings. The van der Waals surface area contributed by atoms with Gasteiger partial charge in [0, 0.05) is 5.92 Å². The number of hydrogen-bond donors (Lipinski definition) is 2. The summed E-state index contributed by atoms with van der Waals surface area (Å²) in [4.78, 5) is 0. The molecule has 2 rings (SSSR count). The van der Waals surface area contributed by atoms with E-state index < -0.39 is 36.1 Å². The highest BCUT2D eigenvalue weighted by Gasteiger charge is 2.48. The maximum Gasteiger partial charge on any atom is 0.496 e. The van der Waals surface area contributed by atoms with Crippen LogP contribution in [0.15, 0.2) is 36.4 Å². The first-order valence-corrected chi connectivity index (χ1v) is 5.42. The van der Waals surface area contributed by atoms with Gasteiger partial charge in [0.1, 0.15) is 0 Å². The highest BCUT2D eigenvalue weighted by atomic mass is 19.2. The van der Waals surface area contributed by atoms with E-state index in [1.165, 1.54) is 18.2 Å². The maximum absolute atomic E-state index is 14.4. The molecule has 0 radical (unpaired) electrons. The number of hydrogen-bond acceptors (Lipinski definition) is 2. The van der Waals surface area contributed by atoms with E-state index in [1.807, 2.05) is 0 Å². The molecule has 0 saturated carbocycles. The Morgan fingerprint density at radius 2 is 1.63 bits per heavy atom. The van der Waals surface area contributed by atoms with Gasteiger partial charge in [-0.05, 0) is 23.8 Å². The van der Waals surface area contributed by atoms with Crippen LogP contribution < -0.4 is 0 Å². The van der Waals surface area contributed by atoms with E-state index in [-0.39, 0.29) is 5.56 Å². The monoisotopic (exact) mass is 272 g/mol. The Morgan fingerprint density at radius 1 is 1.05 bits per heavy atom. The van der Waals surface area contributed by atoms with Gasteiger partial charge in [-0.2, -0.15) is 0 Å². The lowest BCUT2D eigenvalue weighted by Crippen LogP contribution is -2.46. The summed E-state index contributed by atoms with van der Waals surface area (Å²) in [6.07, 6.45) is 4.73. The first-order valence-electron chi connectivity index (χ1n) is 5.42. The largest absolute Gasteiger partial charge is 0.496 e. The zero-order chi connectivity index (χ0) is 14.2. The molecule has 0 aromatic heterocycles. The Balaban J connectivity index is 2.51. The third-order valence-corrected chi connectivity index (χ3v) is 3.00. The number of allylic oxidation sites excluding steroid dienone is 4. The maximum atomic E-state index is 14.4. The standard InChI is InChI=1S/C12H9BF4O2/c14-9-5-7(6-10(15)11(9)16)8-3-1-2-4-12(8,17)13(18)19/h1-6,8,18-19H. The van der Waals surface area contributed by atoms with E-state index in [9.17, 15) is 17.6 Å². The lowest BCUT2D eigenvalue weighted by Gasteiger charge is -2.30. The molecule has 7 heteroatoms. The fourth-order valence-corrected chi connectivity index (χ4v) is 2.00.